The SMILES string of the molecule is NC(c1ccccc1)c1ccc2nc(CC3CC3)[nH]c2c1. The Morgan fingerprint density at radius 3 is 2.67 bits per heavy atom. The summed E-state index contributed by atoms with van der Waals surface area (Å²) in [5, 5.41) is 0. The topological polar surface area (TPSA) is 54.7 Å². The van der Waals surface area contributed by atoms with Crippen LogP contribution in [0.4, 0.5) is 0 Å². The fourth-order valence-electron chi connectivity index (χ4n) is 2.82. The Morgan fingerprint density at radius 2 is 1.90 bits per heavy atom. The van der Waals surface area contributed by atoms with Crippen LogP contribution >= 0.6 is 0 Å². The predicted molar refractivity (Wildman–Crippen MR) is 85.0 cm³/mol. The molecule has 106 valence electrons. The zero-order chi connectivity index (χ0) is 14.2. The largest absolute Gasteiger partial charge is 0.342 e. The molecule has 0 bridgehead atoms. The standard InChI is InChI=1S/C18H19N3/c19-18(13-4-2-1-3-5-13)14-8-9-15-16(11-14)21-17(20-15)10-12-6-7-12/h1-5,8-9,11-12,18H,6-7,10,19H2,(H,20,21). The first kappa shape index (κ1) is 12.6. The number of nitrogens with two attached hydrogens (primary N) is 1. The van der Waals surface area contributed by atoms with Gasteiger partial charge in [-0.2, -0.15) is 0 Å². The van der Waals surface area contributed by atoms with E-state index in [-0.39, 0.29) is 6.04 Å². The molecule has 4 rings (SSSR count). The lowest BCUT2D eigenvalue weighted by Crippen LogP contribution is -2.11. The second-order valence-electron chi connectivity index (χ2n) is 6.00. The van der Waals surface area contributed by atoms with Crippen LogP contribution in [0, 0.1) is 5.92 Å². The molecule has 3 N–H and O–H groups in total. The van der Waals surface area contributed by atoms with E-state index in [1.165, 1.54) is 12.8 Å². The van der Waals surface area contributed by atoms with Crippen molar-refractivity contribution in [3.05, 3.63) is 65.5 Å². The molecule has 3 heteroatoms. The summed E-state index contributed by atoms with van der Waals surface area (Å²) >= 11 is 0. The molecule has 3 nitrogen and oxygen atoms in total. The van der Waals surface area contributed by atoms with Crippen molar-refractivity contribution in [1.29, 1.82) is 0 Å². The van der Waals surface area contributed by atoms with Gasteiger partial charge in [-0.15, -0.1) is 0 Å². The molecule has 3 aromatic rings. The van der Waals surface area contributed by atoms with Crippen LogP contribution in [-0.2, 0) is 6.42 Å². The van der Waals surface area contributed by atoms with E-state index < -0.39 is 0 Å². The van der Waals surface area contributed by atoms with Gasteiger partial charge in [0.05, 0.1) is 17.1 Å². The summed E-state index contributed by atoms with van der Waals surface area (Å²) in [5.41, 5.74) is 10.8. The first-order chi connectivity index (χ1) is 10.3. The maximum atomic E-state index is 6.37. The lowest BCUT2D eigenvalue weighted by atomic mass is 9.99. The van der Waals surface area contributed by atoms with E-state index in [2.05, 4.69) is 40.3 Å². The fourth-order valence-corrected chi connectivity index (χ4v) is 2.82. The molecule has 0 spiro atoms. The molecule has 1 fully saturated rings. The first-order valence-electron chi connectivity index (χ1n) is 7.58. The Balaban J connectivity index is 1.66. The summed E-state index contributed by atoms with van der Waals surface area (Å²) in [5.74, 6) is 1.95. The van der Waals surface area contributed by atoms with Crippen molar-refractivity contribution in [3.63, 3.8) is 0 Å². The van der Waals surface area contributed by atoms with Gasteiger partial charge in [0.25, 0.3) is 0 Å². The van der Waals surface area contributed by atoms with Crippen LogP contribution in [0.15, 0.2) is 48.5 Å². The van der Waals surface area contributed by atoms with E-state index in [9.17, 15) is 0 Å². The van der Waals surface area contributed by atoms with Crippen LogP contribution in [0.1, 0.15) is 35.8 Å². The number of aromatic amines is 1. The molecule has 0 amide bonds. The number of fused-ring (bicyclic) bond motifs is 1. The molecule has 1 aliphatic carbocycles. The van der Waals surface area contributed by atoms with Gasteiger partial charge in [0.1, 0.15) is 5.82 Å². The normalized spacial score (nSPS) is 16.2. The van der Waals surface area contributed by atoms with E-state index in [4.69, 9.17) is 5.73 Å². The van der Waals surface area contributed by atoms with E-state index in [0.717, 1.165) is 40.3 Å². The molecule has 1 atom stereocenters. The van der Waals surface area contributed by atoms with Crippen molar-refractivity contribution in [2.24, 2.45) is 11.7 Å². The van der Waals surface area contributed by atoms with E-state index >= 15 is 0 Å². The summed E-state index contributed by atoms with van der Waals surface area (Å²) < 4.78 is 0. The highest BCUT2D eigenvalue weighted by Crippen LogP contribution is 2.32. The van der Waals surface area contributed by atoms with Crippen LogP contribution in [0.25, 0.3) is 11.0 Å². The van der Waals surface area contributed by atoms with E-state index in [1.54, 1.807) is 0 Å². The van der Waals surface area contributed by atoms with Crippen molar-refractivity contribution >= 4 is 11.0 Å². The number of imidazole rings is 1. The predicted octanol–water partition coefficient (Wildman–Crippen LogP) is 3.56. The first-order valence-corrected chi connectivity index (χ1v) is 7.58. The number of rotatable bonds is 4. The molecule has 1 aliphatic rings. The molecule has 0 aliphatic heterocycles. The van der Waals surface area contributed by atoms with Gasteiger partial charge in [0.2, 0.25) is 0 Å². The number of benzene rings is 2. The van der Waals surface area contributed by atoms with Gasteiger partial charge < -0.3 is 10.7 Å². The highest BCUT2D eigenvalue weighted by Gasteiger charge is 2.23. The third kappa shape index (κ3) is 2.57. The van der Waals surface area contributed by atoms with Crippen molar-refractivity contribution in [1.82, 2.24) is 9.97 Å². The highest BCUT2D eigenvalue weighted by atomic mass is 14.9. The summed E-state index contributed by atoms with van der Waals surface area (Å²) in [4.78, 5) is 8.12. The molecule has 1 unspecified atom stereocenters. The second kappa shape index (κ2) is 5.01. The quantitative estimate of drug-likeness (QED) is 0.766. The summed E-state index contributed by atoms with van der Waals surface area (Å²) in [7, 11) is 0. The number of hydrogen-bond donors (Lipinski definition) is 2. The van der Waals surface area contributed by atoms with Crippen molar-refractivity contribution in [2.75, 3.05) is 0 Å². The Hall–Kier alpha value is -2.13. The zero-order valence-corrected chi connectivity index (χ0v) is 11.9. The van der Waals surface area contributed by atoms with Gasteiger partial charge in [-0.3, -0.25) is 0 Å². The van der Waals surface area contributed by atoms with Gasteiger partial charge in [0, 0.05) is 6.42 Å². The average molecular weight is 277 g/mol. The van der Waals surface area contributed by atoms with Crippen LogP contribution in [0.2, 0.25) is 0 Å². The minimum atomic E-state index is -0.0919. The van der Waals surface area contributed by atoms with Gasteiger partial charge in [-0.05, 0) is 42.0 Å². The van der Waals surface area contributed by atoms with Gasteiger partial charge in [0.15, 0.2) is 0 Å². The van der Waals surface area contributed by atoms with Gasteiger partial charge in [-0.25, -0.2) is 4.98 Å². The fraction of sp³-hybridized carbons (Fsp3) is 0.278. The Labute approximate surface area is 124 Å². The van der Waals surface area contributed by atoms with Crippen LogP contribution < -0.4 is 5.73 Å². The van der Waals surface area contributed by atoms with Crippen molar-refractivity contribution in [2.45, 2.75) is 25.3 Å². The monoisotopic (exact) mass is 277 g/mol. The smallest absolute Gasteiger partial charge is 0.107 e. The second-order valence-corrected chi connectivity index (χ2v) is 6.00. The van der Waals surface area contributed by atoms with Crippen molar-refractivity contribution < 1.29 is 0 Å². The maximum Gasteiger partial charge on any atom is 0.107 e. The lowest BCUT2D eigenvalue weighted by Gasteiger charge is -2.12. The molecular formula is C18H19N3. The Bertz CT molecular complexity index is 756. The average Bonchev–Trinajstić information content (AvgIpc) is 3.24. The minimum absolute atomic E-state index is 0.0919. The number of H-pyrrole nitrogens is 1. The lowest BCUT2D eigenvalue weighted by molar-refractivity contribution is 0.787. The molecule has 2 aromatic carbocycles. The molecular weight excluding hydrogens is 258 g/mol. The third-order valence-electron chi connectivity index (χ3n) is 4.25. The molecule has 0 radical (unpaired) electrons. The van der Waals surface area contributed by atoms with Crippen molar-refractivity contribution in [3.8, 4) is 0 Å². The molecule has 0 saturated heterocycles. The molecule has 1 heterocycles. The third-order valence-corrected chi connectivity index (χ3v) is 4.25. The van der Waals surface area contributed by atoms with Crippen LogP contribution in [-0.4, -0.2) is 9.97 Å². The molecule has 1 aromatic heterocycles. The number of nitrogens with zero attached hydrogens (tertiary/aromatic N) is 1. The van der Waals surface area contributed by atoms with Gasteiger partial charge in [-0.1, -0.05) is 36.4 Å². The number of nitrogens with one attached hydrogen (secondary N) is 1. The summed E-state index contributed by atoms with van der Waals surface area (Å²) in [6.45, 7) is 0. The van der Waals surface area contributed by atoms with E-state index in [1.807, 2.05) is 18.2 Å². The minimum Gasteiger partial charge on any atom is -0.342 e. The molecule has 21 heavy (non-hydrogen) atoms. The molecule has 1 saturated carbocycles. The highest BCUT2D eigenvalue weighted by molar-refractivity contribution is 5.76. The summed E-state index contributed by atoms with van der Waals surface area (Å²) in [6.07, 6.45) is 3.77. The Morgan fingerprint density at radius 1 is 1.10 bits per heavy atom. The number of aromatic nitrogens is 2. The van der Waals surface area contributed by atoms with E-state index in [0.29, 0.717) is 0 Å². The summed E-state index contributed by atoms with van der Waals surface area (Å²) in [6, 6.07) is 16.4. The zero-order valence-electron chi connectivity index (χ0n) is 11.9. The maximum absolute atomic E-state index is 6.37. The Kier molecular flexibility index (Phi) is 3.00. The van der Waals surface area contributed by atoms with Crippen LogP contribution in [0.3, 0.4) is 0 Å². The van der Waals surface area contributed by atoms with Crippen LogP contribution in [0.5, 0.6) is 0 Å². The van der Waals surface area contributed by atoms with Gasteiger partial charge >= 0.3 is 0 Å². The number of hydrogen-bond acceptors (Lipinski definition) is 2.